The maximum atomic E-state index is 12.7. The molecule has 0 fully saturated rings. The van der Waals surface area contributed by atoms with Crippen LogP contribution in [0.25, 0.3) is 0 Å². The van der Waals surface area contributed by atoms with Crippen LogP contribution in [0.2, 0.25) is 0 Å². The molecule has 1 aromatic carbocycles. The van der Waals surface area contributed by atoms with Gasteiger partial charge in [0.2, 0.25) is 5.91 Å². The number of nitrogens with zero attached hydrogens (tertiary/aromatic N) is 1. The zero-order chi connectivity index (χ0) is 17.9. The van der Waals surface area contributed by atoms with Crippen LogP contribution in [0.4, 0.5) is 5.69 Å². The van der Waals surface area contributed by atoms with Crippen molar-refractivity contribution in [1.29, 1.82) is 0 Å². The molecule has 0 unspecified atom stereocenters. The van der Waals surface area contributed by atoms with Crippen LogP contribution in [0.5, 0.6) is 5.75 Å². The summed E-state index contributed by atoms with van der Waals surface area (Å²) in [6.07, 6.45) is 0.805. The van der Waals surface area contributed by atoms with Gasteiger partial charge >= 0.3 is 0 Å². The first-order chi connectivity index (χ1) is 11.3. The van der Waals surface area contributed by atoms with Crippen LogP contribution in [0.3, 0.4) is 0 Å². The fraction of sp³-hybridized carbons (Fsp3) is 0.471. The van der Waals surface area contributed by atoms with Gasteiger partial charge in [0.1, 0.15) is 12.3 Å². The summed E-state index contributed by atoms with van der Waals surface area (Å²) in [5.41, 5.74) is -0.309. The smallest absolute Gasteiger partial charge is 0.271 e. The van der Waals surface area contributed by atoms with Gasteiger partial charge in [0.25, 0.3) is 5.91 Å². The van der Waals surface area contributed by atoms with E-state index in [9.17, 15) is 14.4 Å². The van der Waals surface area contributed by atoms with Crippen molar-refractivity contribution in [3.63, 3.8) is 0 Å². The van der Waals surface area contributed by atoms with Crippen molar-refractivity contribution in [3.05, 3.63) is 23.8 Å². The molecule has 2 amide bonds. The molecule has 2 rings (SSSR count). The number of hydrogen-bond acceptors (Lipinski definition) is 4. The third-order valence-electron chi connectivity index (χ3n) is 3.69. The molecule has 0 atom stereocenters. The molecule has 7 heteroatoms. The molecule has 0 bridgehead atoms. The number of anilines is 1. The fourth-order valence-electron chi connectivity index (χ4n) is 2.44. The minimum Gasteiger partial charge on any atom is -0.476 e. The Morgan fingerprint density at radius 3 is 2.67 bits per heavy atom. The number of carbonyl (C=O) groups excluding carboxylic acids is 3. The van der Waals surface area contributed by atoms with E-state index >= 15 is 0 Å². The zero-order valence-electron chi connectivity index (χ0n) is 14.0. The van der Waals surface area contributed by atoms with Gasteiger partial charge in [-0.25, -0.2) is 0 Å². The molecule has 1 N–H and O–H groups in total. The minimum absolute atomic E-state index is 0.128. The Morgan fingerprint density at radius 2 is 2.04 bits per heavy atom. The van der Waals surface area contributed by atoms with E-state index in [0.29, 0.717) is 23.5 Å². The highest BCUT2D eigenvalue weighted by Gasteiger charge is 2.41. The van der Waals surface area contributed by atoms with Crippen LogP contribution < -0.4 is 15.0 Å². The van der Waals surface area contributed by atoms with Crippen LogP contribution in [0.1, 0.15) is 37.6 Å². The Kier molecular flexibility index (Phi) is 5.49. The summed E-state index contributed by atoms with van der Waals surface area (Å²) in [5, 5.41) is 2.75. The predicted molar refractivity (Wildman–Crippen MR) is 91.9 cm³/mol. The lowest BCUT2D eigenvalue weighted by Gasteiger charge is -2.38. The molecule has 0 radical (unpaired) electrons. The largest absolute Gasteiger partial charge is 0.476 e. The number of alkyl halides is 1. The van der Waals surface area contributed by atoms with E-state index in [0.717, 1.165) is 6.42 Å². The fourth-order valence-corrected chi connectivity index (χ4v) is 2.59. The van der Waals surface area contributed by atoms with E-state index in [4.69, 9.17) is 16.3 Å². The van der Waals surface area contributed by atoms with Crippen LogP contribution in [0.15, 0.2) is 18.2 Å². The van der Waals surface area contributed by atoms with E-state index < -0.39 is 5.60 Å². The molecule has 0 spiro atoms. The Hall–Kier alpha value is -2.08. The lowest BCUT2D eigenvalue weighted by atomic mass is 10.0. The summed E-state index contributed by atoms with van der Waals surface area (Å²) in [6.45, 7) is 5.65. The number of hydrogen-bond donors (Lipinski definition) is 1. The predicted octanol–water partition coefficient (Wildman–Crippen LogP) is 2.14. The first-order valence-electron chi connectivity index (χ1n) is 7.81. The number of rotatable bonds is 6. The molecule has 24 heavy (non-hydrogen) atoms. The van der Waals surface area contributed by atoms with Crippen molar-refractivity contribution in [2.45, 2.75) is 32.8 Å². The van der Waals surface area contributed by atoms with Gasteiger partial charge in [-0.05, 0) is 38.5 Å². The van der Waals surface area contributed by atoms with Gasteiger partial charge in [0.15, 0.2) is 11.4 Å². The third-order valence-corrected chi connectivity index (χ3v) is 3.94. The highest BCUT2D eigenvalue weighted by Crippen LogP contribution is 2.38. The number of benzene rings is 1. The third kappa shape index (κ3) is 3.70. The molecule has 1 aromatic rings. The average molecular weight is 353 g/mol. The molecule has 0 saturated carbocycles. The van der Waals surface area contributed by atoms with Gasteiger partial charge in [0.05, 0.1) is 11.6 Å². The van der Waals surface area contributed by atoms with Gasteiger partial charge in [-0.2, -0.15) is 0 Å². The maximum absolute atomic E-state index is 12.7. The first-order valence-corrected chi connectivity index (χ1v) is 8.34. The average Bonchev–Trinajstić information content (AvgIpc) is 2.55. The molecule has 1 aliphatic rings. The second-order valence-electron chi connectivity index (χ2n) is 6.09. The topological polar surface area (TPSA) is 75.7 Å². The summed E-state index contributed by atoms with van der Waals surface area (Å²) in [5.74, 6) is -0.558. The summed E-state index contributed by atoms with van der Waals surface area (Å²) in [6, 6.07) is 4.77. The van der Waals surface area contributed by atoms with Crippen molar-refractivity contribution in [2.24, 2.45) is 0 Å². The Bertz CT molecular complexity index is 673. The summed E-state index contributed by atoms with van der Waals surface area (Å²) >= 11 is 5.60. The van der Waals surface area contributed by atoms with Crippen LogP contribution in [0, 0.1) is 0 Å². The highest BCUT2D eigenvalue weighted by atomic mass is 35.5. The second-order valence-corrected chi connectivity index (χ2v) is 6.36. The monoisotopic (exact) mass is 352 g/mol. The number of amides is 2. The quantitative estimate of drug-likeness (QED) is 0.628. The second kappa shape index (κ2) is 7.21. The van der Waals surface area contributed by atoms with Crippen molar-refractivity contribution in [1.82, 2.24) is 5.32 Å². The SMILES string of the molecule is CCCNC(=O)CN1C(=O)C(C)(C)Oc2ccc(C(=O)CCl)cc21. The van der Waals surface area contributed by atoms with Gasteiger partial charge in [-0.3, -0.25) is 19.3 Å². The van der Waals surface area contributed by atoms with E-state index in [-0.39, 0.29) is 30.0 Å². The van der Waals surface area contributed by atoms with Crippen molar-refractivity contribution in [3.8, 4) is 5.75 Å². The van der Waals surface area contributed by atoms with Crippen LogP contribution in [-0.2, 0) is 9.59 Å². The molecule has 0 saturated heterocycles. The van der Waals surface area contributed by atoms with Gasteiger partial charge < -0.3 is 10.1 Å². The van der Waals surface area contributed by atoms with E-state index in [1.54, 1.807) is 32.0 Å². The van der Waals surface area contributed by atoms with E-state index in [1.807, 2.05) is 6.92 Å². The van der Waals surface area contributed by atoms with E-state index in [2.05, 4.69) is 5.32 Å². The lowest BCUT2D eigenvalue weighted by molar-refractivity contribution is -0.134. The van der Waals surface area contributed by atoms with Crippen LogP contribution in [-0.4, -0.2) is 42.2 Å². The molecule has 0 aromatic heterocycles. The molecular formula is C17H21ClN2O4. The van der Waals surface area contributed by atoms with Crippen LogP contribution >= 0.6 is 11.6 Å². The van der Waals surface area contributed by atoms with Crippen molar-refractivity contribution in [2.75, 3.05) is 23.9 Å². The number of Topliss-reactive ketones (excluding diaryl/α,β-unsaturated/α-hetero) is 1. The molecule has 130 valence electrons. The number of fused-ring (bicyclic) bond motifs is 1. The minimum atomic E-state index is -1.09. The standard InChI is InChI=1S/C17H21ClN2O4/c1-4-7-19-15(22)10-20-12-8-11(13(21)9-18)5-6-14(12)24-17(2,3)16(20)23/h5-6,8H,4,7,9-10H2,1-3H3,(H,19,22). The number of halogens is 1. The Labute approximate surface area is 146 Å². The van der Waals surface area contributed by atoms with Gasteiger partial charge in [-0.1, -0.05) is 6.92 Å². The molecule has 6 nitrogen and oxygen atoms in total. The molecular weight excluding hydrogens is 332 g/mol. The van der Waals surface area contributed by atoms with Gasteiger partial charge in [-0.15, -0.1) is 11.6 Å². The number of nitrogens with one attached hydrogen (secondary N) is 1. The number of ketones is 1. The van der Waals surface area contributed by atoms with E-state index in [1.165, 1.54) is 4.90 Å². The highest BCUT2D eigenvalue weighted by molar-refractivity contribution is 6.30. The lowest BCUT2D eigenvalue weighted by Crippen LogP contribution is -2.55. The molecule has 1 heterocycles. The van der Waals surface area contributed by atoms with Gasteiger partial charge in [0, 0.05) is 12.1 Å². The normalized spacial score (nSPS) is 15.5. The summed E-state index contributed by atoms with van der Waals surface area (Å²) < 4.78 is 5.73. The van der Waals surface area contributed by atoms with Crippen molar-refractivity contribution < 1.29 is 19.1 Å². The zero-order valence-corrected chi connectivity index (χ0v) is 14.8. The Balaban J connectivity index is 2.39. The number of ether oxygens (including phenoxy) is 1. The first kappa shape index (κ1) is 18.3. The molecule has 0 aliphatic carbocycles. The summed E-state index contributed by atoms with van der Waals surface area (Å²) in [7, 11) is 0. The van der Waals surface area contributed by atoms with Crippen molar-refractivity contribution >= 4 is 34.9 Å². The number of carbonyl (C=O) groups is 3. The molecule has 1 aliphatic heterocycles. The Morgan fingerprint density at radius 1 is 1.33 bits per heavy atom. The maximum Gasteiger partial charge on any atom is 0.271 e. The summed E-state index contributed by atoms with van der Waals surface area (Å²) in [4.78, 5) is 37.9.